The lowest BCUT2D eigenvalue weighted by atomic mass is 9.89. The van der Waals surface area contributed by atoms with Gasteiger partial charge in [0.1, 0.15) is 5.75 Å². The summed E-state index contributed by atoms with van der Waals surface area (Å²) in [6.07, 6.45) is 3.68. The van der Waals surface area contributed by atoms with Gasteiger partial charge in [-0.25, -0.2) is 0 Å². The molecule has 1 aromatic carbocycles. The molecule has 0 saturated carbocycles. The molecule has 0 fully saturated rings. The minimum atomic E-state index is 0.594. The summed E-state index contributed by atoms with van der Waals surface area (Å²) in [5.74, 6) is 1.79. The van der Waals surface area contributed by atoms with Gasteiger partial charge in [-0.3, -0.25) is 0 Å². The standard InChI is InChI=1S/C15H23NO/c1-12(2)16-10-5-6-13-9-11-17-15-8-4-3-7-14(13)15/h3-4,7-8,12-13,16H,5-6,9-11H2,1-2H3. The van der Waals surface area contributed by atoms with Crippen LogP contribution in [0.2, 0.25) is 0 Å². The van der Waals surface area contributed by atoms with E-state index in [1.54, 1.807) is 0 Å². The fourth-order valence-electron chi connectivity index (χ4n) is 2.45. The second-order valence-electron chi connectivity index (χ2n) is 5.12. The highest BCUT2D eigenvalue weighted by Crippen LogP contribution is 2.35. The van der Waals surface area contributed by atoms with Crippen molar-refractivity contribution in [3.63, 3.8) is 0 Å². The maximum absolute atomic E-state index is 5.68. The van der Waals surface area contributed by atoms with Gasteiger partial charge in [-0.2, -0.15) is 0 Å². The molecule has 0 radical (unpaired) electrons. The molecule has 1 aliphatic rings. The summed E-state index contributed by atoms with van der Waals surface area (Å²) in [4.78, 5) is 0. The fourth-order valence-corrected chi connectivity index (χ4v) is 2.45. The summed E-state index contributed by atoms with van der Waals surface area (Å²) in [7, 11) is 0. The van der Waals surface area contributed by atoms with Crippen LogP contribution in [-0.2, 0) is 0 Å². The Bertz CT molecular complexity index is 349. The van der Waals surface area contributed by atoms with E-state index >= 15 is 0 Å². The average molecular weight is 233 g/mol. The van der Waals surface area contributed by atoms with Crippen LogP contribution < -0.4 is 10.1 Å². The van der Waals surface area contributed by atoms with E-state index < -0.39 is 0 Å². The third-order valence-electron chi connectivity index (χ3n) is 3.36. The van der Waals surface area contributed by atoms with E-state index in [-0.39, 0.29) is 0 Å². The van der Waals surface area contributed by atoms with E-state index in [9.17, 15) is 0 Å². The molecule has 1 heterocycles. The highest BCUT2D eigenvalue weighted by atomic mass is 16.5. The van der Waals surface area contributed by atoms with Gasteiger partial charge in [0.2, 0.25) is 0 Å². The zero-order chi connectivity index (χ0) is 12.1. The van der Waals surface area contributed by atoms with Crippen LogP contribution in [0.25, 0.3) is 0 Å². The molecular formula is C15H23NO. The zero-order valence-corrected chi connectivity index (χ0v) is 10.9. The summed E-state index contributed by atoms with van der Waals surface area (Å²) in [6, 6.07) is 9.08. The normalized spacial score (nSPS) is 18.9. The van der Waals surface area contributed by atoms with Crippen LogP contribution in [-0.4, -0.2) is 19.2 Å². The lowest BCUT2D eigenvalue weighted by molar-refractivity contribution is 0.261. The second-order valence-corrected chi connectivity index (χ2v) is 5.12. The first-order valence-corrected chi connectivity index (χ1v) is 6.72. The maximum atomic E-state index is 5.68. The molecule has 1 N–H and O–H groups in total. The fraction of sp³-hybridized carbons (Fsp3) is 0.600. The van der Waals surface area contributed by atoms with Gasteiger partial charge in [-0.15, -0.1) is 0 Å². The van der Waals surface area contributed by atoms with Gasteiger partial charge in [-0.1, -0.05) is 32.0 Å². The Hall–Kier alpha value is -1.02. The molecule has 0 bridgehead atoms. The quantitative estimate of drug-likeness (QED) is 0.788. The minimum absolute atomic E-state index is 0.594. The van der Waals surface area contributed by atoms with Gasteiger partial charge in [0.05, 0.1) is 6.61 Å². The second kappa shape index (κ2) is 6.06. The summed E-state index contributed by atoms with van der Waals surface area (Å²) >= 11 is 0. The van der Waals surface area contributed by atoms with E-state index in [2.05, 4.69) is 43.4 Å². The molecule has 17 heavy (non-hydrogen) atoms. The topological polar surface area (TPSA) is 21.3 Å². The van der Waals surface area contributed by atoms with Crippen molar-refractivity contribution in [1.29, 1.82) is 0 Å². The molecule has 94 valence electrons. The summed E-state index contributed by atoms with van der Waals surface area (Å²) in [6.45, 7) is 6.39. The Labute approximate surface area is 104 Å². The molecule has 1 aromatic rings. The van der Waals surface area contributed by atoms with E-state index in [1.807, 2.05) is 0 Å². The number of nitrogens with one attached hydrogen (secondary N) is 1. The van der Waals surface area contributed by atoms with Crippen molar-refractivity contribution in [1.82, 2.24) is 5.32 Å². The Morgan fingerprint density at radius 1 is 1.35 bits per heavy atom. The first-order valence-electron chi connectivity index (χ1n) is 6.72. The van der Waals surface area contributed by atoms with E-state index in [0.717, 1.165) is 18.9 Å². The van der Waals surface area contributed by atoms with Gasteiger partial charge >= 0.3 is 0 Å². The number of hydrogen-bond donors (Lipinski definition) is 1. The number of ether oxygens (including phenoxy) is 1. The highest BCUT2D eigenvalue weighted by molar-refractivity contribution is 5.37. The van der Waals surface area contributed by atoms with E-state index in [4.69, 9.17) is 4.74 Å². The molecule has 1 aliphatic heterocycles. The summed E-state index contributed by atoms with van der Waals surface area (Å²) < 4.78 is 5.68. The number of hydrogen-bond acceptors (Lipinski definition) is 2. The molecule has 1 atom stereocenters. The third kappa shape index (κ3) is 3.47. The molecule has 0 aromatic heterocycles. The lowest BCUT2D eigenvalue weighted by Crippen LogP contribution is -2.24. The molecule has 1 unspecified atom stereocenters. The van der Waals surface area contributed by atoms with Gasteiger partial charge in [-0.05, 0) is 43.4 Å². The van der Waals surface area contributed by atoms with Gasteiger partial charge < -0.3 is 10.1 Å². The van der Waals surface area contributed by atoms with Gasteiger partial charge in [0.25, 0.3) is 0 Å². The van der Waals surface area contributed by atoms with Crippen molar-refractivity contribution in [3.8, 4) is 5.75 Å². The largest absolute Gasteiger partial charge is 0.493 e. The predicted molar refractivity (Wildman–Crippen MR) is 71.7 cm³/mol. The molecular weight excluding hydrogens is 210 g/mol. The smallest absolute Gasteiger partial charge is 0.122 e. The van der Waals surface area contributed by atoms with Crippen LogP contribution in [0.3, 0.4) is 0 Å². The Morgan fingerprint density at radius 2 is 2.18 bits per heavy atom. The van der Waals surface area contributed by atoms with Crippen molar-refractivity contribution < 1.29 is 4.74 Å². The SMILES string of the molecule is CC(C)NCCCC1CCOc2ccccc21. The van der Waals surface area contributed by atoms with Crippen LogP contribution in [0.1, 0.15) is 44.6 Å². The van der Waals surface area contributed by atoms with Crippen LogP contribution in [0.15, 0.2) is 24.3 Å². The first-order chi connectivity index (χ1) is 8.27. The van der Waals surface area contributed by atoms with Crippen LogP contribution in [0.5, 0.6) is 5.75 Å². The summed E-state index contributed by atoms with van der Waals surface area (Å²) in [5.41, 5.74) is 1.41. The molecule has 0 spiro atoms. The number of para-hydroxylation sites is 1. The predicted octanol–water partition coefficient (Wildman–Crippen LogP) is 3.33. The zero-order valence-electron chi connectivity index (χ0n) is 10.9. The highest BCUT2D eigenvalue weighted by Gasteiger charge is 2.20. The third-order valence-corrected chi connectivity index (χ3v) is 3.36. The summed E-state index contributed by atoms with van der Waals surface area (Å²) in [5, 5.41) is 3.48. The molecule has 0 saturated heterocycles. The first kappa shape index (κ1) is 12.4. The van der Waals surface area contributed by atoms with E-state index in [1.165, 1.54) is 24.8 Å². The van der Waals surface area contributed by atoms with E-state index in [0.29, 0.717) is 12.0 Å². The molecule has 0 amide bonds. The monoisotopic (exact) mass is 233 g/mol. The van der Waals surface area contributed by atoms with Crippen molar-refractivity contribution in [2.75, 3.05) is 13.2 Å². The van der Waals surface area contributed by atoms with Crippen molar-refractivity contribution in [3.05, 3.63) is 29.8 Å². The number of rotatable bonds is 5. The van der Waals surface area contributed by atoms with Gasteiger partial charge in [0.15, 0.2) is 0 Å². The number of benzene rings is 1. The van der Waals surface area contributed by atoms with Gasteiger partial charge in [0, 0.05) is 6.04 Å². The Morgan fingerprint density at radius 3 is 3.00 bits per heavy atom. The van der Waals surface area contributed by atoms with Crippen molar-refractivity contribution in [2.24, 2.45) is 0 Å². The molecule has 0 aliphatic carbocycles. The lowest BCUT2D eigenvalue weighted by Gasteiger charge is -2.26. The average Bonchev–Trinajstić information content (AvgIpc) is 2.34. The van der Waals surface area contributed by atoms with Crippen molar-refractivity contribution >= 4 is 0 Å². The number of fused-ring (bicyclic) bond motifs is 1. The Balaban J connectivity index is 1.86. The van der Waals surface area contributed by atoms with Crippen LogP contribution in [0, 0.1) is 0 Å². The van der Waals surface area contributed by atoms with Crippen LogP contribution >= 0.6 is 0 Å². The van der Waals surface area contributed by atoms with Crippen molar-refractivity contribution in [2.45, 2.75) is 45.1 Å². The molecule has 2 rings (SSSR count). The molecule has 2 heteroatoms. The minimum Gasteiger partial charge on any atom is -0.493 e. The maximum Gasteiger partial charge on any atom is 0.122 e. The Kier molecular flexibility index (Phi) is 4.43. The van der Waals surface area contributed by atoms with Crippen LogP contribution in [0.4, 0.5) is 0 Å². The molecule has 2 nitrogen and oxygen atoms in total.